The second-order valence-electron chi connectivity index (χ2n) is 5.14. The molecule has 1 aromatic carbocycles. The third-order valence-electron chi connectivity index (χ3n) is 3.89. The van der Waals surface area contributed by atoms with E-state index < -0.39 is 5.82 Å². The summed E-state index contributed by atoms with van der Waals surface area (Å²) in [6.07, 6.45) is 3.94. The summed E-state index contributed by atoms with van der Waals surface area (Å²) in [5, 5.41) is 2.96. The Balaban J connectivity index is 2.24. The molecule has 0 spiro atoms. The first-order valence-corrected chi connectivity index (χ1v) is 6.35. The number of benzene rings is 1. The van der Waals surface area contributed by atoms with Gasteiger partial charge in [-0.1, -0.05) is 6.92 Å². The summed E-state index contributed by atoms with van der Waals surface area (Å²) < 4.78 is 13.9. The maximum atomic E-state index is 13.9. The zero-order valence-corrected chi connectivity index (χ0v) is 10.8. The van der Waals surface area contributed by atoms with Gasteiger partial charge in [-0.05, 0) is 50.3 Å². The van der Waals surface area contributed by atoms with Crippen molar-refractivity contribution in [1.29, 1.82) is 0 Å². The smallest absolute Gasteiger partial charge is 0.254 e. The number of carbonyl (C=O) groups is 1. The number of anilines is 1. The number of nitrogens with one attached hydrogen (secondary N) is 1. The molecule has 1 aromatic rings. The van der Waals surface area contributed by atoms with Gasteiger partial charge in [0.15, 0.2) is 0 Å². The number of hydrogen-bond acceptors (Lipinski definition) is 2. The van der Waals surface area contributed by atoms with Crippen molar-refractivity contribution in [3.05, 3.63) is 29.1 Å². The van der Waals surface area contributed by atoms with Crippen molar-refractivity contribution >= 4 is 11.6 Å². The minimum atomic E-state index is -0.479. The van der Waals surface area contributed by atoms with Crippen LogP contribution in [0.25, 0.3) is 0 Å². The van der Waals surface area contributed by atoms with Crippen LogP contribution in [0.15, 0.2) is 12.1 Å². The maximum Gasteiger partial charge on any atom is 0.254 e. The Morgan fingerprint density at radius 1 is 1.50 bits per heavy atom. The molecule has 0 atom stereocenters. The molecule has 2 rings (SSSR count). The highest BCUT2D eigenvalue weighted by atomic mass is 19.1. The van der Waals surface area contributed by atoms with Crippen LogP contribution in [0.3, 0.4) is 0 Å². The van der Waals surface area contributed by atoms with Crippen LogP contribution in [0.1, 0.15) is 48.5 Å². The van der Waals surface area contributed by atoms with Crippen LogP contribution in [-0.2, 0) is 0 Å². The summed E-state index contributed by atoms with van der Waals surface area (Å²) in [7, 11) is 0. The Labute approximate surface area is 107 Å². The van der Waals surface area contributed by atoms with Gasteiger partial charge in [0.05, 0.1) is 5.56 Å². The number of nitrogens with two attached hydrogens (primary N) is 1. The zero-order valence-electron chi connectivity index (χ0n) is 10.8. The van der Waals surface area contributed by atoms with Gasteiger partial charge < -0.3 is 11.1 Å². The lowest BCUT2D eigenvalue weighted by molar-refractivity contribution is 0.0816. The fourth-order valence-electron chi connectivity index (χ4n) is 2.44. The number of aryl methyl sites for hydroxylation is 1. The molecule has 0 saturated heterocycles. The van der Waals surface area contributed by atoms with Crippen LogP contribution < -0.4 is 11.1 Å². The second kappa shape index (κ2) is 4.59. The Morgan fingerprint density at radius 2 is 2.17 bits per heavy atom. The molecule has 0 aliphatic heterocycles. The van der Waals surface area contributed by atoms with Crippen molar-refractivity contribution < 1.29 is 9.18 Å². The van der Waals surface area contributed by atoms with Crippen LogP contribution >= 0.6 is 0 Å². The van der Waals surface area contributed by atoms with Gasteiger partial charge in [-0.2, -0.15) is 0 Å². The predicted molar refractivity (Wildman–Crippen MR) is 69.9 cm³/mol. The van der Waals surface area contributed by atoms with Gasteiger partial charge in [-0.15, -0.1) is 0 Å². The fourth-order valence-corrected chi connectivity index (χ4v) is 2.44. The highest BCUT2D eigenvalue weighted by Crippen LogP contribution is 2.35. The molecule has 3 N–H and O–H groups in total. The van der Waals surface area contributed by atoms with E-state index in [1.807, 2.05) is 6.92 Å². The van der Waals surface area contributed by atoms with E-state index in [1.54, 1.807) is 6.92 Å². The number of carbonyl (C=O) groups excluding carboxylic acids is 1. The average molecular weight is 250 g/mol. The average Bonchev–Trinajstić information content (AvgIpc) is 2.28. The molecule has 98 valence electrons. The van der Waals surface area contributed by atoms with Crippen molar-refractivity contribution in [3.63, 3.8) is 0 Å². The molecule has 4 heteroatoms. The molecule has 1 saturated carbocycles. The Hall–Kier alpha value is -1.58. The lowest BCUT2D eigenvalue weighted by atomic mass is 9.74. The second-order valence-corrected chi connectivity index (χ2v) is 5.14. The lowest BCUT2D eigenvalue weighted by Gasteiger charge is -2.42. The third-order valence-corrected chi connectivity index (χ3v) is 3.89. The van der Waals surface area contributed by atoms with E-state index in [-0.39, 0.29) is 17.0 Å². The molecular weight excluding hydrogens is 231 g/mol. The van der Waals surface area contributed by atoms with Gasteiger partial charge in [-0.3, -0.25) is 4.79 Å². The molecule has 1 fully saturated rings. The lowest BCUT2D eigenvalue weighted by Crippen LogP contribution is -2.53. The predicted octanol–water partition coefficient (Wildman–Crippen LogP) is 2.78. The van der Waals surface area contributed by atoms with Crippen LogP contribution in [-0.4, -0.2) is 11.4 Å². The van der Waals surface area contributed by atoms with E-state index in [0.29, 0.717) is 11.3 Å². The summed E-state index contributed by atoms with van der Waals surface area (Å²) in [4.78, 5) is 12.1. The summed E-state index contributed by atoms with van der Waals surface area (Å²) >= 11 is 0. The fraction of sp³-hybridized carbons (Fsp3) is 0.500. The van der Waals surface area contributed by atoms with Gasteiger partial charge in [0.2, 0.25) is 0 Å². The molecule has 0 radical (unpaired) electrons. The molecule has 3 nitrogen and oxygen atoms in total. The van der Waals surface area contributed by atoms with Gasteiger partial charge in [0.1, 0.15) is 5.82 Å². The molecule has 1 aliphatic rings. The first-order chi connectivity index (χ1) is 8.47. The third kappa shape index (κ3) is 2.19. The summed E-state index contributed by atoms with van der Waals surface area (Å²) in [5.41, 5.74) is 6.39. The number of halogens is 1. The van der Waals surface area contributed by atoms with Gasteiger partial charge in [0, 0.05) is 11.2 Å². The molecule has 18 heavy (non-hydrogen) atoms. The van der Waals surface area contributed by atoms with E-state index in [4.69, 9.17) is 5.73 Å². The minimum absolute atomic E-state index is 0.0484. The van der Waals surface area contributed by atoms with Gasteiger partial charge in [0.25, 0.3) is 5.91 Å². The summed E-state index contributed by atoms with van der Waals surface area (Å²) in [6, 6.07) is 2.94. The first-order valence-electron chi connectivity index (χ1n) is 6.35. The SMILES string of the molecule is CCC1(NC(=O)c2cc(N)cc(C)c2F)CCC1. The monoisotopic (exact) mass is 250 g/mol. The quantitative estimate of drug-likeness (QED) is 0.810. The Bertz CT molecular complexity index is 475. The molecule has 0 heterocycles. The molecular formula is C14H19FN2O. The Kier molecular flexibility index (Phi) is 3.28. The number of rotatable bonds is 3. The first kappa shape index (κ1) is 12.9. The molecule has 1 amide bonds. The van der Waals surface area contributed by atoms with E-state index in [9.17, 15) is 9.18 Å². The molecule has 1 aliphatic carbocycles. The standard InChI is InChI=1S/C14H19FN2O/c1-3-14(5-4-6-14)17-13(18)11-8-10(16)7-9(2)12(11)15/h7-8H,3-6,16H2,1-2H3,(H,17,18). The molecule has 0 unspecified atom stereocenters. The largest absolute Gasteiger partial charge is 0.399 e. The van der Waals surface area contributed by atoms with E-state index in [0.717, 1.165) is 25.7 Å². The summed E-state index contributed by atoms with van der Waals surface area (Å²) in [6.45, 7) is 3.65. The van der Waals surface area contributed by atoms with Crippen molar-refractivity contribution in [3.8, 4) is 0 Å². The van der Waals surface area contributed by atoms with Crippen molar-refractivity contribution in [2.75, 3.05) is 5.73 Å². The minimum Gasteiger partial charge on any atom is -0.399 e. The number of nitrogen functional groups attached to an aromatic ring is 1. The maximum absolute atomic E-state index is 13.9. The van der Waals surface area contributed by atoms with Crippen LogP contribution in [0.5, 0.6) is 0 Å². The van der Waals surface area contributed by atoms with Gasteiger partial charge >= 0.3 is 0 Å². The molecule has 0 bridgehead atoms. The van der Waals surface area contributed by atoms with Crippen LogP contribution in [0, 0.1) is 12.7 Å². The highest BCUT2D eigenvalue weighted by Gasteiger charge is 2.37. The normalized spacial score (nSPS) is 17.1. The van der Waals surface area contributed by atoms with Crippen LogP contribution in [0.2, 0.25) is 0 Å². The van der Waals surface area contributed by atoms with Crippen molar-refractivity contribution in [2.24, 2.45) is 0 Å². The zero-order chi connectivity index (χ0) is 13.3. The number of amides is 1. The van der Waals surface area contributed by atoms with Crippen molar-refractivity contribution in [2.45, 2.75) is 45.1 Å². The summed E-state index contributed by atoms with van der Waals surface area (Å²) in [5.74, 6) is -0.836. The Morgan fingerprint density at radius 3 is 2.67 bits per heavy atom. The van der Waals surface area contributed by atoms with Crippen molar-refractivity contribution in [1.82, 2.24) is 5.32 Å². The van der Waals surface area contributed by atoms with Gasteiger partial charge in [-0.25, -0.2) is 4.39 Å². The molecule has 0 aromatic heterocycles. The number of hydrogen-bond donors (Lipinski definition) is 2. The van der Waals surface area contributed by atoms with Crippen LogP contribution in [0.4, 0.5) is 10.1 Å². The van der Waals surface area contributed by atoms with E-state index >= 15 is 0 Å². The highest BCUT2D eigenvalue weighted by molar-refractivity contribution is 5.96. The topological polar surface area (TPSA) is 55.1 Å². The van der Waals surface area contributed by atoms with E-state index in [1.165, 1.54) is 12.1 Å². The van der Waals surface area contributed by atoms with E-state index in [2.05, 4.69) is 5.32 Å².